The van der Waals surface area contributed by atoms with Crippen LogP contribution in [0.3, 0.4) is 0 Å². The Morgan fingerprint density at radius 1 is 1.12 bits per heavy atom. The van der Waals surface area contributed by atoms with Crippen molar-refractivity contribution in [3.05, 3.63) is 53.6 Å². The molecule has 0 bridgehead atoms. The Balaban J connectivity index is 1.52. The van der Waals surface area contributed by atoms with Crippen LogP contribution in [-0.4, -0.2) is 35.4 Å². The Bertz CT molecular complexity index is 1300. The molecule has 0 radical (unpaired) electrons. The van der Waals surface area contributed by atoms with Crippen LogP contribution in [0, 0.1) is 26.7 Å². The van der Waals surface area contributed by atoms with Gasteiger partial charge in [-0.2, -0.15) is 14.9 Å². The minimum absolute atomic E-state index is 0.0226. The Hall–Kier alpha value is -3.55. The summed E-state index contributed by atoms with van der Waals surface area (Å²) < 4.78 is 3.51. The predicted octanol–water partition coefficient (Wildman–Crippen LogP) is 4.45. The number of aromatic nitrogens is 6. The fourth-order valence-electron chi connectivity index (χ4n) is 4.56. The minimum atomic E-state index is 0.0226. The van der Waals surface area contributed by atoms with Crippen LogP contribution in [0.2, 0.25) is 0 Å². The Labute approximate surface area is 186 Å². The zero-order valence-electron chi connectivity index (χ0n) is 18.7. The van der Waals surface area contributed by atoms with Gasteiger partial charge in [0.25, 0.3) is 0 Å². The van der Waals surface area contributed by atoms with E-state index in [9.17, 15) is 4.79 Å². The number of benzene rings is 1. The number of hydrogen-bond donors (Lipinski definition) is 1. The number of carbonyl (C=O) groups excluding carboxylic acids is 1. The minimum Gasteiger partial charge on any atom is -0.311 e. The van der Waals surface area contributed by atoms with E-state index in [-0.39, 0.29) is 5.91 Å². The molecule has 1 amide bonds. The van der Waals surface area contributed by atoms with Crippen molar-refractivity contribution in [3.63, 3.8) is 0 Å². The summed E-state index contributed by atoms with van der Waals surface area (Å²) in [6.07, 6.45) is 8.53. The van der Waals surface area contributed by atoms with E-state index >= 15 is 0 Å². The van der Waals surface area contributed by atoms with Crippen LogP contribution in [0.4, 0.5) is 5.82 Å². The maximum absolute atomic E-state index is 12.7. The van der Waals surface area contributed by atoms with Crippen LogP contribution >= 0.6 is 0 Å². The van der Waals surface area contributed by atoms with Crippen molar-refractivity contribution in [1.82, 2.24) is 29.5 Å². The molecular weight excluding hydrogens is 402 g/mol. The molecule has 1 fully saturated rings. The SMILES string of the molecule is Cc1cc(NC(=O)CC2CCCC2)n(-c2ncnc3c2cnn3-c2cccc(C)c2C)n1. The second kappa shape index (κ2) is 8.18. The van der Waals surface area contributed by atoms with Crippen LogP contribution in [-0.2, 0) is 4.79 Å². The molecule has 8 nitrogen and oxygen atoms in total. The summed E-state index contributed by atoms with van der Waals surface area (Å²) in [6, 6.07) is 8.00. The number of aryl methyl sites for hydroxylation is 2. The van der Waals surface area contributed by atoms with E-state index in [1.54, 1.807) is 10.9 Å². The molecule has 0 atom stereocenters. The lowest BCUT2D eigenvalue weighted by atomic mass is 10.0. The monoisotopic (exact) mass is 429 g/mol. The first-order valence-corrected chi connectivity index (χ1v) is 11.1. The van der Waals surface area contributed by atoms with Crippen molar-refractivity contribution < 1.29 is 4.79 Å². The zero-order valence-corrected chi connectivity index (χ0v) is 18.7. The number of nitrogens with one attached hydrogen (secondary N) is 1. The van der Waals surface area contributed by atoms with Crippen molar-refractivity contribution in [2.24, 2.45) is 5.92 Å². The van der Waals surface area contributed by atoms with Crippen LogP contribution in [0.15, 0.2) is 36.8 Å². The van der Waals surface area contributed by atoms with E-state index in [2.05, 4.69) is 45.4 Å². The van der Waals surface area contributed by atoms with E-state index in [1.807, 2.05) is 29.8 Å². The first-order valence-electron chi connectivity index (χ1n) is 11.1. The molecule has 3 heterocycles. The molecule has 164 valence electrons. The average Bonchev–Trinajstić information content (AvgIpc) is 3.50. The second-order valence-electron chi connectivity index (χ2n) is 8.70. The molecule has 1 N–H and O–H groups in total. The Kier molecular flexibility index (Phi) is 5.20. The highest BCUT2D eigenvalue weighted by Crippen LogP contribution is 2.29. The highest BCUT2D eigenvalue weighted by Gasteiger charge is 2.21. The van der Waals surface area contributed by atoms with Crippen molar-refractivity contribution in [1.29, 1.82) is 0 Å². The van der Waals surface area contributed by atoms with Crippen molar-refractivity contribution in [3.8, 4) is 11.5 Å². The third-order valence-corrected chi connectivity index (χ3v) is 6.40. The van der Waals surface area contributed by atoms with Gasteiger partial charge in [-0.15, -0.1) is 0 Å². The summed E-state index contributed by atoms with van der Waals surface area (Å²) in [5, 5.41) is 13.0. The summed E-state index contributed by atoms with van der Waals surface area (Å²) in [5.41, 5.74) is 4.81. The highest BCUT2D eigenvalue weighted by molar-refractivity contribution is 5.91. The third-order valence-electron chi connectivity index (χ3n) is 6.40. The lowest BCUT2D eigenvalue weighted by Gasteiger charge is -2.12. The van der Waals surface area contributed by atoms with Gasteiger partial charge in [-0.1, -0.05) is 25.0 Å². The molecule has 3 aromatic heterocycles. The van der Waals surface area contributed by atoms with Crippen LogP contribution in [0.5, 0.6) is 0 Å². The van der Waals surface area contributed by atoms with Gasteiger partial charge in [-0.25, -0.2) is 14.6 Å². The summed E-state index contributed by atoms with van der Waals surface area (Å²) in [6.45, 7) is 6.06. The van der Waals surface area contributed by atoms with Gasteiger partial charge in [0, 0.05) is 12.5 Å². The van der Waals surface area contributed by atoms with Gasteiger partial charge in [0.15, 0.2) is 11.5 Å². The van der Waals surface area contributed by atoms with Gasteiger partial charge in [0.2, 0.25) is 5.91 Å². The molecule has 4 aromatic rings. The summed E-state index contributed by atoms with van der Waals surface area (Å²) in [7, 11) is 0. The van der Waals surface area contributed by atoms with Gasteiger partial charge in [-0.05, 0) is 56.7 Å². The maximum atomic E-state index is 12.7. The van der Waals surface area contributed by atoms with Crippen LogP contribution in [0.25, 0.3) is 22.5 Å². The average molecular weight is 430 g/mol. The van der Waals surface area contributed by atoms with E-state index in [0.29, 0.717) is 29.6 Å². The summed E-state index contributed by atoms with van der Waals surface area (Å²) >= 11 is 0. The Morgan fingerprint density at radius 2 is 1.94 bits per heavy atom. The van der Waals surface area contributed by atoms with Gasteiger partial charge < -0.3 is 5.32 Å². The van der Waals surface area contributed by atoms with E-state index in [0.717, 1.165) is 35.2 Å². The molecule has 1 aliphatic carbocycles. The second-order valence-corrected chi connectivity index (χ2v) is 8.70. The largest absolute Gasteiger partial charge is 0.311 e. The quantitative estimate of drug-likeness (QED) is 0.506. The molecular formula is C24H27N7O. The number of amides is 1. The number of rotatable bonds is 5. The van der Waals surface area contributed by atoms with Crippen molar-refractivity contribution in [2.75, 3.05) is 5.32 Å². The van der Waals surface area contributed by atoms with E-state index < -0.39 is 0 Å². The zero-order chi connectivity index (χ0) is 22.2. The third kappa shape index (κ3) is 3.66. The smallest absolute Gasteiger partial charge is 0.225 e. The molecule has 8 heteroatoms. The first kappa shape index (κ1) is 20.4. The Morgan fingerprint density at radius 3 is 2.75 bits per heavy atom. The highest BCUT2D eigenvalue weighted by atomic mass is 16.1. The van der Waals surface area contributed by atoms with E-state index in [1.165, 1.54) is 24.7 Å². The molecule has 1 saturated carbocycles. The maximum Gasteiger partial charge on any atom is 0.225 e. The molecule has 0 unspecified atom stereocenters. The molecule has 0 aliphatic heterocycles. The normalized spacial score (nSPS) is 14.3. The van der Waals surface area contributed by atoms with Crippen LogP contribution < -0.4 is 5.32 Å². The topological polar surface area (TPSA) is 90.5 Å². The molecule has 0 saturated heterocycles. The fourth-order valence-corrected chi connectivity index (χ4v) is 4.56. The van der Waals surface area contributed by atoms with E-state index in [4.69, 9.17) is 0 Å². The molecule has 0 spiro atoms. The summed E-state index contributed by atoms with van der Waals surface area (Å²) in [5.74, 6) is 1.71. The summed E-state index contributed by atoms with van der Waals surface area (Å²) in [4.78, 5) is 21.7. The van der Waals surface area contributed by atoms with Crippen molar-refractivity contribution >= 4 is 22.8 Å². The number of fused-ring (bicyclic) bond motifs is 1. The van der Waals surface area contributed by atoms with Crippen LogP contribution in [0.1, 0.15) is 48.9 Å². The number of carbonyl (C=O) groups is 1. The molecule has 1 aliphatic rings. The standard InChI is InChI=1S/C24H27N7O/c1-15-7-6-10-20(17(15)3)30-23-19(13-27-30)24(26-14-25-23)31-21(11-16(2)29-31)28-22(32)12-18-8-4-5-9-18/h6-7,10-11,13-14,18H,4-5,8-9,12H2,1-3H3,(H,28,32). The predicted molar refractivity (Wildman–Crippen MR) is 123 cm³/mol. The molecule has 32 heavy (non-hydrogen) atoms. The van der Waals surface area contributed by atoms with Gasteiger partial charge in [0.05, 0.1) is 23.0 Å². The number of hydrogen-bond acceptors (Lipinski definition) is 5. The number of nitrogens with zero attached hydrogens (tertiary/aromatic N) is 6. The fraction of sp³-hybridized carbons (Fsp3) is 0.375. The van der Waals surface area contributed by atoms with Crippen molar-refractivity contribution in [2.45, 2.75) is 52.9 Å². The lowest BCUT2D eigenvalue weighted by Crippen LogP contribution is -2.18. The number of anilines is 1. The van der Waals surface area contributed by atoms with Gasteiger partial charge >= 0.3 is 0 Å². The lowest BCUT2D eigenvalue weighted by molar-refractivity contribution is -0.117. The van der Waals surface area contributed by atoms with Gasteiger partial charge in [0.1, 0.15) is 12.1 Å². The molecule has 5 rings (SSSR count). The molecule has 1 aromatic carbocycles. The first-order chi connectivity index (χ1) is 15.5. The van der Waals surface area contributed by atoms with Gasteiger partial charge in [-0.3, -0.25) is 4.79 Å².